The number of aliphatic hydroxyl groups excluding tert-OH is 1. The van der Waals surface area contributed by atoms with Gasteiger partial charge in [-0.1, -0.05) is 12.1 Å². The van der Waals surface area contributed by atoms with E-state index in [4.69, 9.17) is 5.11 Å². The zero-order valence-corrected chi connectivity index (χ0v) is 12.8. The van der Waals surface area contributed by atoms with Crippen LogP contribution < -0.4 is 0 Å². The fourth-order valence-corrected chi connectivity index (χ4v) is 2.86. The second-order valence-corrected chi connectivity index (χ2v) is 6.84. The molecule has 0 amide bonds. The lowest BCUT2D eigenvalue weighted by Gasteiger charge is -2.03. The Balaban J connectivity index is 2.31. The van der Waals surface area contributed by atoms with Gasteiger partial charge in [-0.05, 0) is 42.8 Å². The number of rotatable bonds is 5. The first-order chi connectivity index (χ1) is 10.4. The maximum absolute atomic E-state index is 11.9. The summed E-state index contributed by atoms with van der Waals surface area (Å²) >= 11 is 0. The molecule has 0 spiro atoms. The molecule has 0 aromatic heterocycles. The van der Waals surface area contributed by atoms with E-state index in [2.05, 4.69) is 10.2 Å². The molecule has 116 valence electrons. The molecule has 2 aromatic carbocycles. The molecule has 0 saturated carbocycles. The number of sulfone groups is 1. The Morgan fingerprint density at radius 1 is 1.09 bits per heavy atom. The van der Waals surface area contributed by atoms with Crippen LogP contribution in [0.2, 0.25) is 0 Å². The highest BCUT2D eigenvalue weighted by molar-refractivity contribution is 7.91. The Labute approximate surface area is 128 Å². The molecule has 2 aromatic rings. The molecule has 0 heterocycles. The van der Waals surface area contributed by atoms with E-state index in [9.17, 15) is 13.5 Å². The van der Waals surface area contributed by atoms with Crippen LogP contribution in [0.5, 0.6) is 5.75 Å². The van der Waals surface area contributed by atoms with Gasteiger partial charge in [-0.25, -0.2) is 8.42 Å². The first kappa shape index (κ1) is 16.1. The topological polar surface area (TPSA) is 99.3 Å². The lowest BCUT2D eigenvalue weighted by Crippen LogP contribution is -2.09. The van der Waals surface area contributed by atoms with Crippen molar-refractivity contribution in [1.82, 2.24) is 0 Å². The lowest BCUT2D eigenvalue weighted by atomic mass is 10.2. The van der Waals surface area contributed by atoms with E-state index in [0.717, 1.165) is 5.56 Å². The van der Waals surface area contributed by atoms with Gasteiger partial charge in [0, 0.05) is 0 Å². The number of azo groups is 1. The van der Waals surface area contributed by atoms with E-state index in [1.807, 2.05) is 6.92 Å². The summed E-state index contributed by atoms with van der Waals surface area (Å²) in [7, 11) is -3.53. The van der Waals surface area contributed by atoms with Crippen LogP contribution >= 0.6 is 0 Å². The summed E-state index contributed by atoms with van der Waals surface area (Å²) in [6.45, 7) is 1.42. The van der Waals surface area contributed by atoms with Crippen LogP contribution in [-0.4, -0.2) is 31.0 Å². The highest BCUT2D eigenvalue weighted by Gasteiger charge is 2.13. The largest absolute Gasteiger partial charge is 0.506 e. The number of benzene rings is 2. The number of aryl methyl sites for hydroxylation is 1. The third-order valence-corrected chi connectivity index (χ3v) is 4.63. The van der Waals surface area contributed by atoms with Gasteiger partial charge in [-0.3, -0.25) is 0 Å². The second kappa shape index (κ2) is 6.67. The Morgan fingerprint density at radius 3 is 2.59 bits per heavy atom. The van der Waals surface area contributed by atoms with Crippen LogP contribution in [-0.2, 0) is 9.84 Å². The quantitative estimate of drug-likeness (QED) is 0.827. The van der Waals surface area contributed by atoms with Gasteiger partial charge in [0.15, 0.2) is 9.84 Å². The number of nitrogens with zero attached hydrogens (tertiary/aromatic N) is 2. The Morgan fingerprint density at radius 2 is 1.86 bits per heavy atom. The van der Waals surface area contributed by atoms with Crippen molar-refractivity contribution >= 4 is 21.2 Å². The van der Waals surface area contributed by atoms with Crippen LogP contribution in [0.15, 0.2) is 57.6 Å². The third kappa shape index (κ3) is 3.90. The number of aromatic hydroxyl groups is 1. The summed E-state index contributed by atoms with van der Waals surface area (Å²) in [5, 5.41) is 26.4. The predicted octanol–water partition coefficient (Wildman–Crippen LogP) is 2.88. The average molecular weight is 320 g/mol. The van der Waals surface area contributed by atoms with Crippen LogP contribution in [0, 0.1) is 6.92 Å². The normalized spacial score (nSPS) is 11.9. The van der Waals surface area contributed by atoms with Gasteiger partial charge in [-0.2, -0.15) is 5.11 Å². The molecule has 22 heavy (non-hydrogen) atoms. The monoisotopic (exact) mass is 320 g/mol. The Kier molecular flexibility index (Phi) is 4.89. The van der Waals surface area contributed by atoms with E-state index < -0.39 is 16.4 Å². The highest BCUT2D eigenvalue weighted by atomic mass is 32.2. The van der Waals surface area contributed by atoms with Crippen LogP contribution in [0.25, 0.3) is 0 Å². The number of aliphatic hydroxyl groups is 1. The highest BCUT2D eigenvalue weighted by Crippen LogP contribution is 2.29. The lowest BCUT2D eigenvalue weighted by molar-refractivity contribution is 0.319. The van der Waals surface area contributed by atoms with Gasteiger partial charge in [0.05, 0.1) is 22.9 Å². The van der Waals surface area contributed by atoms with Crippen molar-refractivity contribution < 1.29 is 18.6 Å². The summed E-state index contributed by atoms with van der Waals surface area (Å²) < 4.78 is 23.8. The van der Waals surface area contributed by atoms with Gasteiger partial charge >= 0.3 is 0 Å². The molecule has 0 radical (unpaired) electrons. The zero-order chi connectivity index (χ0) is 16.2. The Hall–Kier alpha value is -2.25. The molecule has 0 bridgehead atoms. The zero-order valence-electron chi connectivity index (χ0n) is 12.0. The molecular formula is C15H16N2O4S. The van der Waals surface area contributed by atoms with E-state index in [1.54, 1.807) is 24.3 Å². The predicted molar refractivity (Wildman–Crippen MR) is 82.6 cm³/mol. The number of phenols is 1. The van der Waals surface area contributed by atoms with Crippen LogP contribution in [0.1, 0.15) is 5.56 Å². The molecule has 0 aliphatic heterocycles. The van der Waals surface area contributed by atoms with E-state index in [-0.39, 0.29) is 16.4 Å². The van der Waals surface area contributed by atoms with Crippen molar-refractivity contribution in [2.75, 3.05) is 12.4 Å². The molecule has 0 fully saturated rings. The molecule has 0 atom stereocenters. The number of phenolic OH excluding ortho intramolecular Hbond substituents is 1. The van der Waals surface area contributed by atoms with Gasteiger partial charge in [0.25, 0.3) is 0 Å². The van der Waals surface area contributed by atoms with Crippen molar-refractivity contribution in [2.24, 2.45) is 10.2 Å². The van der Waals surface area contributed by atoms with Crippen LogP contribution in [0.4, 0.5) is 11.4 Å². The molecule has 0 aliphatic carbocycles. The summed E-state index contributed by atoms with van der Waals surface area (Å²) in [6, 6.07) is 10.9. The van der Waals surface area contributed by atoms with Crippen molar-refractivity contribution in [1.29, 1.82) is 0 Å². The molecule has 7 heteroatoms. The SMILES string of the molecule is Cc1ccc(O)c(N=Nc2cccc(S(=O)(=O)CCO)c2)c1. The second-order valence-electron chi connectivity index (χ2n) is 4.73. The summed E-state index contributed by atoms with van der Waals surface area (Å²) in [4.78, 5) is 0.0754. The summed E-state index contributed by atoms with van der Waals surface area (Å²) in [5.74, 6) is -0.342. The summed E-state index contributed by atoms with van der Waals surface area (Å²) in [6.07, 6.45) is 0. The molecular weight excluding hydrogens is 304 g/mol. The maximum atomic E-state index is 11.9. The number of hydrogen-bond donors (Lipinski definition) is 2. The van der Waals surface area contributed by atoms with Crippen LogP contribution in [0.3, 0.4) is 0 Å². The Bertz CT molecular complexity index is 801. The number of hydrogen-bond acceptors (Lipinski definition) is 6. The van der Waals surface area contributed by atoms with E-state index in [1.165, 1.54) is 18.2 Å². The maximum Gasteiger partial charge on any atom is 0.180 e. The third-order valence-electron chi connectivity index (χ3n) is 2.94. The minimum absolute atomic E-state index is 0.00148. The average Bonchev–Trinajstić information content (AvgIpc) is 2.48. The molecule has 0 aliphatic rings. The van der Waals surface area contributed by atoms with E-state index in [0.29, 0.717) is 11.4 Å². The molecule has 2 N–H and O–H groups in total. The molecule has 6 nitrogen and oxygen atoms in total. The first-order valence-corrected chi connectivity index (χ1v) is 8.22. The minimum atomic E-state index is -3.53. The van der Waals surface area contributed by atoms with Gasteiger partial charge < -0.3 is 10.2 Å². The standard InChI is InChI=1S/C15H16N2O4S/c1-11-5-6-15(19)14(9-11)17-16-12-3-2-4-13(10-12)22(20,21)8-7-18/h2-6,9-10,18-19H,7-8H2,1H3. The van der Waals surface area contributed by atoms with Gasteiger partial charge in [0.1, 0.15) is 11.4 Å². The fourth-order valence-electron chi connectivity index (χ4n) is 1.80. The van der Waals surface area contributed by atoms with Crippen molar-refractivity contribution in [3.05, 3.63) is 48.0 Å². The van der Waals surface area contributed by atoms with Crippen molar-refractivity contribution in [2.45, 2.75) is 11.8 Å². The first-order valence-electron chi connectivity index (χ1n) is 6.57. The van der Waals surface area contributed by atoms with Gasteiger partial charge in [-0.15, -0.1) is 5.11 Å². The smallest absolute Gasteiger partial charge is 0.180 e. The fraction of sp³-hybridized carbons (Fsp3) is 0.200. The minimum Gasteiger partial charge on any atom is -0.506 e. The van der Waals surface area contributed by atoms with Crippen molar-refractivity contribution in [3.63, 3.8) is 0 Å². The molecule has 2 rings (SSSR count). The molecule has 0 unspecified atom stereocenters. The van der Waals surface area contributed by atoms with Gasteiger partial charge in [0.2, 0.25) is 0 Å². The molecule has 0 saturated heterocycles. The van der Waals surface area contributed by atoms with Crippen molar-refractivity contribution in [3.8, 4) is 5.75 Å². The summed E-state index contributed by atoms with van der Waals surface area (Å²) in [5.41, 5.74) is 1.58. The van der Waals surface area contributed by atoms with E-state index >= 15 is 0 Å².